The van der Waals surface area contributed by atoms with Gasteiger partial charge in [0, 0.05) is 0 Å². The van der Waals surface area contributed by atoms with Crippen LogP contribution in [0.15, 0.2) is 12.7 Å². The first-order valence-electron chi connectivity index (χ1n) is 4.05. The van der Waals surface area contributed by atoms with Crippen molar-refractivity contribution in [1.29, 1.82) is 0 Å². The number of rotatable bonds is 5. The zero-order valence-corrected chi connectivity index (χ0v) is 6.68. The fraction of sp³-hybridized carbons (Fsp3) is 0.667. The van der Waals surface area contributed by atoms with Crippen molar-refractivity contribution in [3.8, 4) is 0 Å². The quantitative estimate of drug-likeness (QED) is 0.487. The molecular weight excluding hydrogens is 140 g/mol. The summed E-state index contributed by atoms with van der Waals surface area (Å²) in [7, 11) is 0. The molecule has 0 bridgehead atoms. The van der Waals surface area contributed by atoms with Crippen LogP contribution in [0.4, 0.5) is 0 Å². The molecule has 0 atom stereocenters. The third-order valence-corrected chi connectivity index (χ3v) is 2.37. The van der Waals surface area contributed by atoms with Gasteiger partial charge in [-0.1, -0.05) is 6.08 Å². The van der Waals surface area contributed by atoms with Crippen molar-refractivity contribution in [2.45, 2.75) is 32.1 Å². The van der Waals surface area contributed by atoms with E-state index in [4.69, 9.17) is 5.11 Å². The minimum atomic E-state index is -0.610. The van der Waals surface area contributed by atoms with Crippen molar-refractivity contribution >= 4 is 5.97 Å². The molecule has 0 aromatic heterocycles. The van der Waals surface area contributed by atoms with Crippen LogP contribution >= 0.6 is 0 Å². The van der Waals surface area contributed by atoms with E-state index in [1.165, 1.54) is 0 Å². The third-order valence-electron chi connectivity index (χ3n) is 2.37. The number of hydrogen-bond donors (Lipinski definition) is 1. The molecule has 0 unspecified atom stereocenters. The lowest BCUT2D eigenvalue weighted by atomic mass is 9.99. The summed E-state index contributed by atoms with van der Waals surface area (Å²) >= 11 is 0. The first-order chi connectivity index (χ1) is 5.21. The molecule has 0 saturated heterocycles. The third kappa shape index (κ3) is 1.82. The van der Waals surface area contributed by atoms with Crippen LogP contribution in [0.2, 0.25) is 0 Å². The lowest BCUT2D eigenvalue weighted by molar-refractivity contribution is -0.143. The highest BCUT2D eigenvalue weighted by atomic mass is 16.4. The standard InChI is InChI=1S/C9H14O2/c1-2-3-4-5-9(6-7-9)8(10)11/h2H,1,3-7H2,(H,10,11). The highest BCUT2D eigenvalue weighted by Gasteiger charge is 2.49. The lowest BCUT2D eigenvalue weighted by Gasteiger charge is -2.06. The Bertz CT molecular complexity index is 168. The summed E-state index contributed by atoms with van der Waals surface area (Å²) in [5, 5.41) is 8.78. The predicted octanol–water partition coefficient (Wildman–Crippen LogP) is 2.21. The van der Waals surface area contributed by atoms with Gasteiger partial charge in [0.25, 0.3) is 0 Å². The molecule has 2 heteroatoms. The van der Waals surface area contributed by atoms with E-state index in [2.05, 4.69) is 6.58 Å². The molecule has 0 radical (unpaired) electrons. The van der Waals surface area contributed by atoms with Gasteiger partial charge in [0.05, 0.1) is 5.41 Å². The van der Waals surface area contributed by atoms with Crippen molar-refractivity contribution in [3.05, 3.63) is 12.7 Å². The van der Waals surface area contributed by atoms with Gasteiger partial charge in [0.1, 0.15) is 0 Å². The molecule has 1 fully saturated rings. The van der Waals surface area contributed by atoms with Gasteiger partial charge in [0.2, 0.25) is 0 Å². The van der Waals surface area contributed by atoms with Crippen molar-refractivity contribution in [3.63, 3.8) is 0 Å². The van der Waals surface area contributed by atoms with Crippen LogP contribution in [0.3, 0.4) is 0 Å². The largest absolute Gasteiger partial charge is 0.481 e. The topological polar surface area (TPSA) is 37.3 Å². The molecule has 1 rings (SSSR count). The van der Waals surface area contributed by atoms with Gasteiger partial charge in [-0.15, -0.1) is 6.58 Å². The Balaban J connectivity index is 2.25. The van der Waals surface area contributed by atoms with Gasteiger partial charge in [0.15, 0.2) is 0 Å². The van der Waals surface area contributed by atoms with Crippen molar-refractivity contribution in [2.75, 3.05) is 0 Å². The Morgan fingerprint density at radius 3 is 2.64 bits per heavy atom. The maximum absolute atomic E-state index is 10.7. The Morgan fingerprint density at radius 1 is 1.64 bits per heavy atom. The average molecular weight is 154 g/mol. The summed E-state index contributed by atoms with van der Waals surface area (Å²) in [5.74, 6) is -0.610. The van der Waals surface area contributed by atoms with E-state index in [0.717, 1.165) is 32.1 Å². The fourth-order valence-electron chi connectivity index (χ4n) is 1.31. The summed E-state index contributed by atoms with van der Waals surface area (Å²) in [6.45, 7) is 3.60. The van der Waals surface area contributed by atoms with Crippen LogP contribution in [-0.4, -0.2) is 11.1 Å². The second kappa shape index (κ2) is 3.07. The first-order valence-corrected chi connectivity index (χ1v) is 4.05. The molecule has 0 spiro atoms. The number of aliphatic carboxylic acids is 1. The minimum Gasteiger partial charge on any atom is -0.481 e. The minimum absolute atomic E-state index is 0.330. The lowest BCUT2D eigenvalue weighted by Crippen LogP contribution is -2.14. The molecule has 0 heterocycles. The number of allylic oxidation sites excluding steroid dienone is 1. The average Bonchev–Trinajstić information content (AvgIpc) is 2.70. The maximum Gasteiger partial charge on any atom is 0.309 e. The number of unbranched alkanes of at least 4 members (excludes halogenated alkanes) is 1. The highest BCUT2D eigenvalue weighted by molar-refractivity contribution is 5.77. The first kappa shape index (κ1) is 8.31. The molecule has 2 nitrogen and oxygen atoms in total. The summed E-state index contributed by atoms with van der Waals surface area (Å²) in [6, 6.07) is 0. The summed E-state index contributed by atoms with van der Waals surface area (Å²) < 4.78 is 0. The molecule has 1 aliphatic rings. The molecule has 1 aliphatic carbocycles. The van der Waals surface area contributed by atoms with Crippen LogP contribution in [0, 0.1) is 5.41 Å². The normalized spacial score (nSPS) is 19.3. The van der Waals surface area contributed by atoms with E-state index < -0.39 is 5.97 Å². The van der Waals surface area contributed by atoms with E-state index in [0.29, 0.717) is 0 Å². The van der Waals surface area contributed by atoms with Gasteiger partial charge in [-0.25, -0.2) is 0 Å². The van der Waals surface area contributed by atoms with Crippen LogP contribution in [-0.2, 0) is 4.79 Å². The van der Waals surface area contributed by atoms with Gasteiger partial charge in [-0.3, -0.25) is 4.79 Å². The maximum atomic E-state index is 10.7. The molecule has 0 aliphatic heterocycles. The van der Waals surface area contributed by atoms with Gasteiger partial charge in [-0.2, -0.15) is 0 Å². The van der Waals surface area contributed by atoms with E-state index in [-0.39, 0.29) is 5.41 Å². The van der Waals surface area contributed by atoms with Crippen molar-refractivity contribution < 1.29 is 9.90 Å². The molecule has 11 heavy (non-hydrogen) atoms. The van der Waals surface area contributed by atoms with E-state index in [1.54, 1.807) is 0 Å². The van der Waals surface area contributed by atoms with Crippen molar-refractivity contribution in [1.82, 2.24) is 0 Å². The fourth-order valence-corrected chi connectivity index (χ4v) is 1.31. The second-order valence-corrected chi connectivity index (χ2v) is 3.27. The van der Waals surface area contributed by atoms with E-state index in [9.17, 15) is 4.79 Å². The molecule has 0 amide bonds. The van der Waals surface area contributed by atoms with Crippen LogP contribution in [0.25, 0.3) is 0 Å². The summed E-state index contributed by atoms with van der Waals surface area (Å²) in [4.78, 5) is 10.7. The highest BCUT2D eigenvalue weighted by Crippen LogP contribution is 2.49. The van der Waals surface area contributed by atoms with Crippen molar-refractivity contribution in [2.24, 2.45) is 5.41 Å². The Hall–Kier alpha value is -0.790. The molecular formula is C9H14O2. The Kier molecular flexibility index (Phi) is 2.32. The van der Waals surface area contributed by atoms with Crippen LogP contribution < -0.4 is 0 Å². The molecule has 1 saturated carbocycles. The Morgan fingerprint density at radius 2 is 2.27 bits per heavy atom. The van der Waals surface area contributed by atoms with E-state index in [1.807, 2.05) is 6.08 Å². The number of carboxylic acid groups (broad SMARTS) is 1. The molecule has 0 aromatic rings. The van der Waals surface area contributed by atoms with Crippen LogP contribution in [0.1, 0.15) is 32.1 Å². The zero-order chi connectivity index (χ0) is 8.32. The number of hydrogen-bond acceptors (Lipinski definition) is 1. The SMILES string of the molecule is C=CCCCC1(C(=O)O)CC1. The predicted molar refractivity (Wildman–Crippen MR) is 43.4 cm³/mol. The second-order valence-electron chi connectivity index (χ2n) is 3.27. The molecule has 0 aromatic carbocycles. The number of carbonyl (C=O) groups is 1. The van der Waals surface area contributed by atoms with E-state index >= 15 is 0 Å². The van der Waals surface area contributed by atoms with Gasteiger partial charge in [-0.05, 0) is 32.1 Å². The monoisotopic (exact) mass is 154 g/mol. The van der Waals surface area contributed by atoms with Gasteiger partial charge < -0.3 is 5.11 Å². The smallest absolute Gasteiger partial charge is 0.309 e. The number of carboxylic acids is 1. The Labute approximate surface area is 66.9 Å². The van der Waals surface area contributed by atoms with Gasteiger partial charge >= 0.3 is 5.97 Å². The summed E-state index contributed by atoms with van der Waals surface area (Å²) in [5.41, 5.74) is -0.330. The van der Waals surface area contributed by atoms with Crippen LogP contribution in [0.5, 0.6) is 0 Å². The molecule has 62 valence electrons. The molecule has 1 N–H and O–H groups in total. The zero-order valence-electron chi connectivity index (χ0n) is 6.68. The summed E-state index contributed by atoms with van der Waals surface area (Å²) in [6.07, 6.45) is 6.33.